The Balaban J connectivity index is 1.80. The van der Waals surface area contributed by atoms with Gasteiger partial charge in [0.05, 0.1) is 6.54 Å². The molecule has 0 atom stereocenters. The Kier molecular flexibility index (Phi) is 4.36. The summed E-state index contributed by atoms with van der Waals surface area (Å²) in [6.07, 6.45) is 0.937. The minimum Gasteiger partial charge on any atom is -0.475 e. The van der Waals surface area contributed by atoms with E-state index in [0.717, 1.165) is 13.0 Å². The fourth-order valence-corrected chi connectivity index (χ4v) is 1.94. The van der Waals surface area contributed by atoms with E-state index in [1.54, 1.807) is 13.0 Å². The van der Waals surface area contributed by atoms with Crippen LogP contribution < -0.4 is 5.32 Å². The van der Waals surface area contributed by atoms with Gasteiger partial charge in [-0.25, -0.2) is 4.79 Å². The van der Waals surface area contributed by atoms with E-state index in [1.165, 1.54) is 5.56 Å². The highest BCUT2D eigenvalue weighted by atomic mass is 16.4. The maximum Gasteiger partial charge on any atom is 0.372 e. The summed E-state index contributed by atoms with van der Waals surface area (Å²) in [4.78, 5) is 10.8. The molecule has 0 fully saturated rings. The molecule has 0 saturated heterocycles. The smallest absolute Gasteiger partial charge is 0.372 e. The van der Waals surface area contributed by atoms with Crippen molar-refractivity contribution in [3.05, 3.63) is 59.0 Å². The monoisotopic (exact) mass is 259 g/mol. The summed E-state index contributed by atoms with van der Waals surface area (Å²) in [6.45, 7) is 3.10. The second-order valence-electron chi connectivity index (χ2n) is 4.44. The van der Waals surface area contributed by atoms with Crippen molar-refractivity contribution in [1.29, 1.82) is 0 Å². The molecule has 2 N–H and O–H groups in total. The van der Waals surface area contributed by atoms with Crippen LogP contribution >= 0.6 is 0 Å². The lowest BCUT2D eigenvalue weighted by Gasteiger charge is -2.02. The first-order chi connectivity index (χ1) is 9.16. The summed E-state index contributed by atoms with van der Waals surface area (Å²) in [5.41, 5.74) is 1.93. The lowest BCUT2D eigenvalue weighted by Crippen LogP contribution is -2.16. The molecule has 0 aliphatic heterocycles. The number of rotatable bonds is 6. The Morgan fingerprint density at radius 3 is 2.68 bits per heavy atom. The Hall–Kier alpha value is -2.07. The number of carboxylic acids is 1. The number of aromatic carboxylic acids is 1. The molecule has 1 heterocycles. The van der Waals surface area contributed by atoms with E-state index >= 15 is 0 Å². The average Bonchev–Trinajstić information content (AvgIpc) is 2.77. The van der Waals surface area contributed by atoms with E-state index in [0.29, 0.717) is 17.9 Å². The number of aryl methyl sites for hydroxylation is 1. The van der Waals surface area contributed by atoms with Crippen LogP contribution in [-0.2, 0) is 13.0 Å². The van der Waals surface area contributed by atoms with Crippen molar-refractivity contribution in [2.45, 2.75) is 19.9 Å². The highest BCUT2D eigenvalue weighted by molar-refractivity contribution is 5.86. The molecule has 4 heteroatoms. The zero-order chi connectivity index (χ0) is 13.7. The second-order valence-corrected chi connectivity index (χ2v) is 4.44. The third kappa shape index (κ3) is 3.69. The van der Waals surface area contributed by atoms with Gasteiger partial charge in [-0.2, -0.15) is 0 Å². The minimum atomic E-state index is -1.02. The van der Waals surface area contributed by atoms with Crippen LogP contribution in [0.2, 0.25) is 0 Å². The Labute approximate surface area is 112 Å². The molecule has 0 radical (unpaired) electrons. The first-order valence-electron chi connectivity index (χ1n) is 6.24. The van der Waals surface area contributed by atoms with Crippen molar-refractivity contribution in [2.75, 3.05) is 6.54 Å². The van der Waals surface area contributed by atoms with Crippen molar-refractivity contribution in [3.8, 4) is 0 Å². The van der Waals surface area contributed by atoms with Gasteiger partial charge in [0.25, 0.3) is 0 Å². The first-order valence-corrected chi connectivity index (χ1v) is 6.24. The van der Waals surface area contributed by atoms with Crippen LogP contribution in [-0.4, -0.2) is 17.6 Å². The molecule has 0 aliphatic rings. The van der Waals surface area contributed by atoms with Gasteiger partial charge in [-0.15, -0.1) is 0 Å². The van der Waals surface area contributed by atoms with Crippen LogP contribution in [0.1, 0.15) is 27.4 Å². The fraction of sp³-hybridized carbons (Fsp3) is 0.267. The summed E-state index contributed by atoms with van der Waals surface area (Å²) in [7, 11) is 0. The Morgan fingerprint density at radius 1 is 1.32 bits per heavy atom. The Morgan fingerprint density at radius 2 is 2.05 bits per heavy atom. The number of benzene rings is 1. The molecule has 0 bridgehead atoms. The quantitative estimate of drug-likeness (QED) is 0.783. The first kappa shape index (κ1) is 13.4. The molecule has 2 rings (SSSR count). The lowest BCUT2D eigenvalue weighted by molar-refractivity contribution is 0.0659. The maximum absolute atomic E-state index is 10.8. The van der Waals surface area contributed by atoms with E-state index in [2.05, 4.69) is 17.4 Å². The van der Waals surface area contributed by atoms with Crippen molar-refractivity contribution < 1.29 is 14.3 Å². The van der Waals surface area contributed by atoms with Gasteiger partial charge in [-0.3, -0.25) is 0 Å². The molecule has 0 amide bonds. The third-order valence-electron chi connectivity index (χ3n) is 2.90. The SMILES string of the molecule is Cc1cc(CNCCc2ccccc2)oc1C(=O)O. The van der Waals surface area contributed by atoms with Crippen molar-refractivity contribution in [3.63, 3.8) is 0 Å². The molecule has 0 unspecified atom stereocenters. The lowest BCUT2D eigenvalue weighted by atomic mass is 10.1. The summed E-state index contributed by atoms with van der Waals surface area (Å²) < 4.78 is 5.27. The van der Waals surface area contributed by atoms with Gasteiger partial charge in [-0.05, 0) is 31.5 Å². The molecule has 0 spiro atoms. The van der Waals surface area contributed by atoms with Crippen molar-refractivity contribution in [1.82, 2.24) is 5.32 Å². The third-order valence-corrected chi connectivity index (χ3v) is 2.90. The van der Waals surface area contributed by atoms with E-state index in [4.69, 9.17) is 9.52 Å². The number of furan rings is 1. The zero-order valence-corrected chi connectivity index (χ0v) is 10.8. The fourth-order valence-electron chi connectivity index (χ4n) is 1.94. The highest BCUT2D eigenvalue weighted by Crippen LogP contribution is 2.14. The largest absolute Gasteiger partial charge is 0.475 e. The van der Waals surface area contributed by atoms with Crippen LogP contribution in [0.15, 0.2) is 40.8 Å². The van der Waals surface area contributed by atoms with Gasteiger partial charge in [0.2, 0.25) is 5.76 Å². The predicted molar refractivity (Wildman–Crippen MR) is 72.3 cm³/mol. The number of nitrogens with one attached hydrogen (secondary N) is 1. The number of hydrogen-bond acceptors (Lipinski definition) is 3. The van der Waals surface area contributed by atoms with Crippen LogP contribution in [0, 0.1) is 6.92 Å². The molecule has 1 aromatic heterocycles. The van der Waals surface area contributed by atoms with E-state index < -0.39 is 5.97 Å². The molecule has 100 valence electrons. The second kappa shape index (κ2) is 6.20. The minimum absolute atomic E-state index is 0.0276. The molecule has 2 aromatic rings. The number of hydrogen-bond donors (Lipinski definition) is 2. The zero-order valence-electron chi connectivity index (χ0n) is 10.8. The molecule has 4 nitrogen and oxygen atoms in total. The number of carboxylic acid groups (broad SMARTS) is 1. The summed E-state index contributed by atoms with van der Waals surface area (Å²) >= 11 is 0. The van der Waals surface area contributed by atoms with Crippen LogP contribution in [0.5, 0.6) is 0 Å². The summed E-state index contributed by atoms with van der Waals surface area (Å²) in [5.74, 6) is -0.337. The van der Waals surface area contributed by atoms with E-state index in [9.17, 15) is 4.79 Å². The van der Waals surface area contributed by atoms with Crippen molar-refractivity contribution >= 4 is 5.97 Å². The van der Waals surface area contributed by atoms with Gasteiger partial charge < -0.3 is 14.8 Å². The standard InChI is InChI=1S/C15H17NO3/c1-11-9-13(19-14(11)15(17)18)10-16-8-7-12-5-3-2-4-6-12/h2-6,9,16H,7-8,10H2,1H3,(H,17,18). The average molecular weight is 259 g/mol. The van der Waals surface area contributed by atoms with Gasteiger partial charge in [-0.1, -0.05) is 30.3 Å². The highest BCUT2D eigenvalue weighted by Gasteiger charge is 2.13. The van der Waals surface area contributed by atoms with Gasteiger partial charge in [0, 0.05) is 5.56 Å². The van der Waals surface area contributed by atoms with Crippen molar-refractivity contribution in [2.24, 2.45) is 0 Å². The molecule has 0 saturated carbocycles. The normalized spacial score (nSPS) is 10.6. The number of carbonyl (C=O) groups is 1. The molecular weight excluding hydrogens is 242 g/mol. The molecular formula is C15H17NO3. The van der Waals surface area contributed by atoms with Crippen LogP contribution in [0.25, 0.3) is 0 Å². The van der Waals surface area contributed by atoms with E-state index in [-0.39, 0.29) is 5.76 Å². The summed E-state index contributed by atoms with van der Waals surface area (Å²) in [5, 5.41) is 12.1. The van der Waals surface area contributed by atoms with Gasteiger partial charge in [0.15, 0.2) is 0 Å². The molecule has 1 aromatic carbocycles. The van der Waals surface area contributed by atoms with Gasteiger partial charge in [0.1, 0.15) is 5.76 Å². The van der Waals surface area contributed by atoms with Gasteiger partial charge >= 0.3 is 5.97 Å². The topological polar surface area (TPSA) is 62.5 Å². The predicted octanol–water partition coefficient (Wildman–Crippen LogP) is 2.62. The molecule has 0 aliphatic carbocycles. The maximum atomic E-state index is 10.8. The van der Waals surface area contributed by atoms with E-state index in [1.807, 2.05) is 18.2 Å². The summed E-state index contributed by atoms with van der Waals surface area (Å²) in [6, 6.07) is 12.0. The Bertz CT molecular complexity index is 546. The van der Waals surface area contributed by atoms with Crippen LogP contribution in [0.4, 0.5) is 0 Å². The molecule has 19 heavy (non-hydrogen) atoms. The van der Waals surface area contributed by atoms with Crippen LogP contribution in [0.3, 0.4) is 0 Å².